The van der Waals surface area contributed by atoms with E-state index in [0.717, 1.165) is 24.2 Å². The zero-order valence-electron chi connectivity index (χ0n) is 13.5. The lowest BCUT2D eigenvalue weighted by Crippen LogP contribution is -2.33. The molecule has 120 valence electrons. The Morgan fingerprint density at radius 1 is 1.26 bits per heavy atom. The summed E-state index contributed by atoms with van der Waals surface area (Å²) in [6.45, 7) is 4.66. The maximum Gasteiger partial charge on any atom is 0.261 e. The van der Waals surface area contributed by atoms with Crippen molar-refractivity contribution >= 4 is 5.91 Å². The van der Waals surface area contributed by atoms with Gasteiger partial charge in [-0.2, -0.15) is 0 Å². The predicted octanol–water partition coefficient (Wildman–Crippen LogP) is 1.98. The number of pyridine rings is 1. The number of carbonyl (C=O) groups is 1. The van der Waals surface area contributed by atoms with E-state index >= 15 is 0 Å². The largest absolute Gasteiger partial charge is 0.342 e. The number of benzene rings is 1. The van der Waals surface area contributed by atoms with Crippen LogP contribution in [-0.2, 0) is 19.6 Å². The standard InChI is InChI=1S/C18H21N3O2/c1-3-20(2)18(23)16-15-12-21(10-13-7-5-4-6-8-13)11-14(15)9-19-17(16)22/h4-9H,3,10-12H2,1-2H3,(H,19,22). The van der Waals surface area contributed by atoms with E-state index in [-0.39, 0.29) is 11.5 Å². The monoisotopic (exact) mass is 311 g/mol. The number of H-pyrrole nitrogens is 1. The number of hydrogen-bond acceptors (Lipinski definition) is 3. The Morgan fingerprint density at radius 3 is 2.70 bits per heavy atom. The summed E-state index contributed by atoms with van der Waals surface area (Å²) >= 11 is 0. The molecule has 2 aromatic rings. The highest BCUT2D eigenvalue weighted by molar-refractivity contribution is 5.95. The third kappa shape index (κ3) is 3.05. The summed E-state index contributed by atoms with van der Waals surface area (Å²) in [4.78, 5) is 31.2. The molecule has 1 aliphatic rings. The first kappa shape index (κ1) is 15.5. The SMILES string of the molecule is CCN(C)C(=O)c1c2c(c[nH]c1=O)CN(Cc1ccccc1)C2. The maximum absolute atomic E-state index is 12.5. The predicted molar refractivity (Wildman–Crippen MR) is 89.1 cm³/mol. The van der Waals surface area contributed by atoms with E-state index in [2.05, 4.69) is 22.0 Å². The second kappa shape index (κ2) is 6.38. The molecule has 1 aromatic carbocycles. The molecule has 0 bridgehead atoms. The molecule has 0 saturated heterocycles. The number of fused-ring (bicyclic) bond motifs is 1. The molecule has 3 rings (SSSR count). The van der Waals surface area contributed by atoms with E-state index in [1.807, 2.05) is 25.1 Å². The lowest BCUT2D eigenvalue weighted by Gasteiger charge is -2.16. The van der Waals surface area contributed by atoms with Gasteiger partial charge in [0, 0.05) is 39.4 Å². The fraction of sp³-hybridized carbons (Fsp3) is 0.333. The Morgan fingerprint density at radius 2 is 2.00 bits per heavy atom. The number of nitrogens with zero attached hydrogens (tertiary/aromatic N) is 2. The molecule has 0 atom stereocenters. The molecule has 1 amide bonds. The molecule has 1 aromatic heterocycles. The molecule has 0 unspecified atom stereocenters. The van der Waals surface area contributed by atoms with Crippen molar-refractivity contribution in [3.63, 3.8) is 0 Å². The summed E-state index contributed by atoms with van der Waals surface area (Å²) in [5.74, 6) is -0.202. The van der Waals surface area contributed by atoms with Crippen LogP contribution in [0.25, 0.3) is 0 Å². The second-order valence-corrected chi connectivity index (χ2v) is 5.95. The molecule has 5 heteroatoms. The van der Waals surface area contributed by atoms with Gasteiger partial charge in [0.05, 0.1) is 0 Å². The molecule has 0 saturated carbocycles. The van der Waals surface area contributed by atoms with Crippen molar-refractivity contribution in [1.29, 1.82) is 0 Å². The number of nitrogens with one attached hydrogen (secondary N) is 1. The van der Waals surface area contributed by atoms with E-state index in [9.17, 15) is 9.59 Å². The topological polar surface area (TPSA) is 56.4 Å². The number of rotatable bonds is 4. The van der Waals surface area contributed by atoms with Crippen LogP contribution in [0.5, 0.6) is 0 Å². The molecule has 0 fully saturated rings. The van der Waals surface area contributed by atoms with Crippen LogP contribution in [0.4, 0.5) is 0 Å². The van der Waals surface area contributed by atoms with Crippen molar-refractivity contribution < 1.29 is 4.79 Å². The average Bonchev–Trinajstić information content (AvgIpc) is 2.96. The van der Waals surface area contributed by atoms with Crippen LogP contribution in [0.2, 0.25) is 0 Å². The van der Waals surface area contributed by atoms with Crippen molar-refractivity contribution in [3.05, 3.63) is 69.1 Å². The number of aromatic nitrogens is 1. The van der Waals surface area contributed by atoms with Crippen LogP contribution in [0.3, 0.4) is 0 Å². The van der Waals surface area contributed by atoms with E-state index < -0.39 is 0 Å². The van der Waals surface area contributed by atoms with Gasteiger partial charge in [0.15, 0.2) is 0 Å². The molecule has 0 aliphatic carbocycles. The summed E-state index contributed by atoms with van der Waals surface area (Å²) in [5, 5.41) is 0. The van der Waals surface area contributed by atoms with Crippen LogP contribution in [0.1, 0.15) is 34.0 Å². The number of amides is 1. The fourth-order valence-electron chi connectivity index (χ4n) is 2.97. The highest BCUT2D eigenvalue weighted by Crippen LogP contribution is 2.25. The molecule has 0 radical (unpaired) electrons. The third-order valence-corrected chi connectivity index (χ3v) is 4.35. The van der Waals surface area contributed by atoms with Gasteiger partial charge in [0.1, 0.15) is 5.56 Å². The number of carbonyl (C=O) groups excluding carboxylic acids is 1. The minimum atomic E-state index is -0.296. The third-order valence-electron chi connectivity index (χ3n) is 4.35. The highest BCUT2D eigenvalue weighted by Gasteiger charge is 2.28. The van der Waals surface area contributed by atoms with Crippen LogP contribution < -0.4 is 5.56 Å². The normalized spacial score (nSPS) is 13.8. The van der Waals surface area contributed by atoms with Crippen LogP contribution in [0, 0.1) is 0 Å². The Balaban J connectivity index is 1.88. The minimum Gasteiger partial charge on any atom is -0.342 e. The van der Waals surface area contributed by atoms with Gasteiger partial charge in [-0.1, -0.05) is 30.3 Å². The Kier molecular flexibility index (Phi) is 4.30. The van der Waals surface area contributed by atoms with E-state index in [1.54, 1.807) is 18.1 Å². The van der Waals surface area contributed by atoms with Crippen molar-refractivity contribution in [2.24, 2.45) is 0 Å². The van der Waals surface area contributed by atoms with Gasteiger partial charge in [-0.15, -0.1) is 0 Å². The van der Waals surface area contributed by atoms with Gasteiger partial charge in [-0.05, 0) is 23.6 Å². The Hall–Kier alpha value is -2.40. The number of hydrogen-bond donors (Lipinski definition) is 1. The molecule has 5 nitrogen and oxygen atoms in total. The summed E-state index contributed by atoms with van der Waals surface area (Å²) < 4.78 is 0. The smallest absolute Gasteiger partial charge is 0.261 e. The lowest BCUT2D eigenvalue weighted by atomic mass is 10.1. The Labute approximate surface area is 135 Å². The van der Waals surface area contributed by atoms with Crippen LogP contribution in [-0.4, -0.2) is 34.3 Å². The summed E-state index contributed by atoms with van der Waals surface area (Å²) in [7, 11) is 1.72. The second-order valence-electron chi connectivity index (χ2n) is 5.95. The van der Waals surface area contributed by atoms with Crippen molar-refractivity contribution in [2.75, 3.05) is 13.6 Å². The summed E-state index contributed by atoms with van der Waals surface area (Å²) in [5.41, 5.74) is 3.13. The van der Waals surface area contributed by atoms with Gasteiger partial charge >= 0.3 is 0 Å². The quantitative estimate of drug-likeness (QED) is 0.939. The molecule has 0 spiro atoms. The first-order valence-corrected chi connectivity index (χ1v) is 7.85. The summed E-state index contributed by atoms with van der Waals surface area (Å²) in [6.07, 6.45) is 1.74. The molecule has 1 aliphatic heterocycles. The maximum atomic E-state index is 12.5. The molecule has 1 N–H and O–H groups in total. The molecular weight excluding hydrogens is 290 g/mol. The van der Waals surface area contributed by atoms with Gasteiger partial charge in [0.25, 0.3) is 11.5 Å². The van der Waals surface area contributed by atoms with Gasteiger partial charge in [-0.3, -0.25) is 14.5 Å². The zero-order chi connectivity index (χ0) is 16.4. The van der Waals surface area contributed by atoms with Crippen molar-refractivity contribution in [1.82, 2.24) is 14.8 Å². The van der Waals surface area contributed by atoms with Crippen LogP contribution in [0.15, 0.2) is 41.3 Å². The first-order chi connectivity index (χ1) is 11.1. The van der Waals surface area contributed by atoms with E-state index in [1.165, 1.54) is 5.56 Å². The highest BCUT2D eigenvalue weighted by atomic mass is 16.2. The van der Waals surface area contributed by atoms with Gasteiger partial charge in [-0.25, -0.2) is 0 Å². The first-order valence-electron chi connectivity index (χ1n) is 7.85. The van der Waals surface area contributed by atoms with E-state index in [0.29, 0.717) is 18.7 Å². The van der Waals surface area contributed by atoms with Gasteiger partial charge < -0.3 is 9.88 Å². The molecule has 23 heavy (non-hydrogen) atoms. The minimum absolute atomic E-state index is 0.202. The van der Waals surface area contributed by atoms with Crippen molar-refractivity contribution in [2.45, 2.75) is 26.6 Å². The number of aromatic amines is 1. The lowest BCUT2D eigenvalue weighted by molar-refractivity contribution is 0.0799. The van der Waals surface area contributed by atoms with Gasteiger partial charge in [0.2, 0.25) is 0 Å². The average molecular weight is 311 g/mol. The van der Waals surface area contributed by atoms with Crippen molar-refractivity contribution in [3.8, 4) is 0 Å². The molecule has 2 heterocycles. The zero-order valence-corrected chi connectivity index (χ0v) is 13.5. The van der Waals surface area contributed by atoms with Crippen LogP contribution >= 0.6 is 0 Å². The summed E-state index contributed by atoms with van der Waals surface area (Å²) in [6, 6.07) is 10.2. The van der Waals surface area contributed by atoms with E-state index in [4.69, 9.17) is 0 Å². The fourth-order valence-corrected chi connectivity index (χ4v) is 2.97. The molecular formula is C18H21N3O2. The Bertz CT molecular complexity index is 768.